The van der Waals surface area contributed by atoms with Gasteiger partial charge in [0.15, 0.2) is 0 Å². The summed E-state index contributed by atoms with van der Waals surface area (Å²) in [6.45, 7) is 1.54. The van der Waals surface area contributed by atoms with Crippen molar-refractivity contribution in [3.05, 3.63) is 0 Å². The van der Waals surface area contributed by atoms with Gasteiger partial charge in [-0.05, 0) is 13.3 Å². The molecule has 0 aliphatic rings. The van der Waals surface area contributed by atoms with Crippen molar-refractivity contribution in [1.29, 1.82) is 0 Å². The van der Waals surface area contributed by atoms with Crippen molar-refractivity contribution >= 4 is 0 Å². The summed E-state index contributed by atoms with van der Waals surface area (Å²) in [7, 11) is 0. The molecule has 0 rings (SSSR count). The molecule has 0 radical (unpaired) electrons. The van der Waals surface area contributed by atoms with E-state index in [1.165, 1.54) is 0 Å². The maximum atomic E-state index is 12.2. The molecule has 1 atom stereocenters. The fourth-order valence-electron chi connectivity index (χ4n) is 1.06. The highest BCUT2D eigenvalue weighted by molar-refractivity contribution is 5.09. The van der Waals surface area contributed by atoms with Crippen molar-refractivity contribution in [1.82, 2.24) is 0 Å². The first-order valence-electron chi connectivity index (χ1n) is 3.96. The molecular weight excluding hydrogens is 228 g/mol. The molecule has 0 aliphatic carbocycles. The van der Waals surface area contributed by atoms with Crippen LogP contribution in [0.5, 0.6) is 0 Å². The van der Waals surface area contributed by atoms with Gasteiger partial charge in [0.2, 0.25) is 0 Å². The van der Waals surface area contributed by atoms with Crippen molar-refractivity contribution in [2.45, 2.75) is 43.8 Å². The molecule has 92 valence electrons. The minimum Gasteiger partial charge on any atom is -0.372 e. The van der Waals surface area contributed by atoms with Crippen LogP contribution in [0.4, 0.5) is 26.3 Å². The van der Waals surface area contributed by atoms with E-state index < -0.39 is 29.9 Å². The Morgan fingerprint density at radius 1 is 1.00 bits per heavy atom. The van der Waals surface area contributed by atoms with E-state index in [-0.39, 0.29) is 0 Å². The molecule has 8 heteroatoms. The zero-order chi connectivity index (χ0) is 12.7. The molecule has 0 heterocycles. The maximum absolute atomic E-state index is 12.2. The minimum absolute atomic E-state index is 0.508. The van der Waals surface area contributed by atoms with E-state index in [0.717, 1.165) is 6.92 Å². The van der Waals surface area contributed by atoms with Crippen molar-refractivity contribution in [3.8, 4) is 0 Å². The van der Waals surface area contributed by atoms with Crippen LogP contribution in [0.1, 0.15) is 20.3 Å². The quantitative estimate of drug-likeness (QED) is 0.723. The molecule has 0 aromatic carbocycles. The lowest BCUT2D eigenvalue weighted by atomic mass is 9.78. The lowest BCUT2D eigenvalue weighted by Crippen LogP contribution is -2.73. The fraction of sp³-hybridized carbons (Fsp3) is 1.00. The van der Waals surface area contributed by atoms with Gasteiger partial charge in [-0.25, -0.2) is 0 Å². The summed E-state index contributed by atoms with van der Waals surface area (Å²) in [6.07, 6.45) is -12.4. The van der Waals surface area contributed by atoms with Crippen LogP contribution >= 0.6 is 0 Å². The Balaban J connectivity index is 5.65. The normalized spacial score (nSPS) is 18.8. The topological polar surface area (TPSA) is 46.2 Å². The number of alkyl halides is 6. The van der Waals surface area contributed by atoms with Crippen LogP contribution in [-0.4, -0.2) is 28.6 Å². The Morgan fingerprint density at radius 3 is 1.33 bits per heavy atom. The number of aliphatic hydroxyl groups is 1. The van der Waals surface area contributed by atoms with Crippen molar-refractivity contribution in [2.75, 3.05) is 0 Å². The first-order valence-corrected chi connectivity index (χ1v) is 3.96. The lowest BCUT2D eigenvalue weighted by molar-refractivity contribution is -0.386. The average Bonchev–Trinajstić information content (AvgIpc) is 1.98. The second kappa shape index (κ2) is 3.51. The molecule has 0 bridgehead atoms. The number of halogens is 6. The van der Waals surface area contributed by atoms with Crippen LogP contribution in [0.2, 0.25) is 0 Å². The second-order valence-electron chi connectivity index (χ2n) is 3.48. The van der Waals surface area contributed by atoms with Gasteiger partial charge >= 0.3 is 12.4 Å². The summed E-state index contributed by atoms with van der Waals surface area (Å²) in [5, 5.41) is 8.84. The molecule has 0 aromatic heterocycles. The highest BCUT2D eigenvalue weighted by atomic mass is 19.4. The van der Waals surface area contributed by atoms with E-state index in [1.54, 1.807) is 0 Å². The van der Waals surface area contributed by atoms with Gasteiger partial charge in [-0.3, -0.25) is 0 Å². The van der Waals surface area contributed by atoms with Crippen LogP contribution in [0.25, 0.3) is 0 Å². The second-order valence-corrected chi connectivity index (χ2v) is 3.48. The molecule has 0 aliphatic heterocycles. The highest BCUT2D eigenvalue weighted by Gasteiger charge is 2.76. The van der Waals surface area contributed by atoms with Crippen LogP contribution in [-0.2, 0) is 0 Å². The first-order chi connectivity index (χ1) is 6.31. The Labute approximate surface area is 82.1 Å². The third kappa shape index (κ3) is 2.05. The molecule has 2 nitrogen and oxygen atoms in total. The van der Waals surface area contributed by atoms with E-state index in [1.807, 2.05) is 0 Å². The number of nitrogens with two attached hydrogens (primary N) is 1. The molecule has 0 saturated heterocycles. The standard InChI is InChI=1S/C7H11F6NO/c1-3-4(2,14)5(15,6(8,9)10)7(11,12)13/h15H,3,14H2,1-2H3. The molecular formula is C7H11F6NO. The number of hydrogen-bond donors (Lipinski definition) is 2. The fourth-order valence-corrected chi connectivity index (χ4v) is 1.06. The third-order valence-electron chi connectivity index (χ3n) is 2.38. The van der Waals surface area contributed by atoms with Gasteiger partial charge in [0, 0.05) is 0 Å². The Hall–Kier alpha value is -0.500. The molecule has 0 fully saturated rings. The molecule has 0 saturated carbocycles. The van der Waals surface area contributed by atoms with Crippen molar-refractivity contribution < 1.29 is 31.4 Å². The summed E-state index contributed by atoms with van der Waals surface area (Å²) < 4.78 is 73.4. The summed E-state index contributed by atoms with van der Waals surface area (Å²) in [6, 6.07) is 0. The van der Waals surface area contributed by atoms with Gasteiger partial charge < -0.3 is 10.8 Å². The van der Waals surface area contributed by atoms with E-state index in [0.29, 0.717) is 6.92 Å². The number of hydrogen-bond acceptors (Lipinski definition) is 2. The summed E-state index contributed by atoms with van der Waals surface area (Å²) in [5.41, 5.74) is -2.85. The lowest BCUT2D eigenvalue weighted by Gasteiger charge is -2.43. The van der Waals surface area contributed by atoms with Crippen molar-refractivity contribution in [2.24, 2.45) is 5.73 Å². The molecule has 3 N–H and O–H groups in total. The number of rotatable bonds is 2. The predicted octanol–water partition coefficient (Wildman–Crippen LogP) is 1.97. The summed E-state index contributed by atoms with van der Waals surface area (Å²) in [5.74, 6) is 0. The van der Waals surface area contributed by atoms with Gasteiger partial charge in [-0.2, -0.15) is 26.3 Å². The molecule has 0 amide bonds. The van der Waals surface area contributed by atoms with Crippen molar-refractivity contribution in [3.63, 3.8) is 0 Å². The highest BCUT2D eigenvalue weighted by Crippen LogP contribution is 2.49. The monoisotopic (exact) mass is 239 g/mol. The predicted molar refractivity (Wildman–Crippen MR) is 39.9 cm³/mol. The largest absolute Gasteiger partial charge is 0.428 e. The van der Waals surface area contributed by atoms with Gasteiger partial charge in [-0.15, -0.1) is 0 Å². The van der Waals surface area contributed by atoms with Crippen LogP contribution < -0.4 is 5.73 Å². The summed E-state index contributed by atoms with van der Waals surface area (Å²) in [4.78, 5) is 0. The smallest absolute Gasteiger partial charge is 0.372 e. The Morgan fingerprint density at radius 2 is 1.27 bits per heavy atom. The zero-order valence-electron chi connectivity index (χ0n) is 8.00. The Kier molecular flexibility index (Phi) is 3.40. The average molecular weight is 239 g/mol. The zero-order valence-corrected chi connectivity index (χ0v) is 8.00. The minimum atomic E-state index is -5.87. The molecule has 0 aromatic rings. The molecule has 1 unspecified atom stereocenters. The SMILES string of the molecule is CCC(C)(N)C(O)(C(F)(F)F)C(F)(F)F. The van der Waals surface area contributed by atoms with E-state index in [2.05, 4.69) is 0 Å². The molecule has 15 heavy (non-hydrogen) atoms. The Bertz CT molecular complexity index is 217. The molecule has 0 spiro atoms. The van der Waals surface area contributed by atoms with E-state index >= 15 is 0 Å². The van der Waals surface area contributed by atoms with Gasteiger partial charge in [0.05, 0.1) is 5.54 Å². The maximum Gasteiger partial charge on any atom is 0.428 e. The van der Waals surface area contributed by atoms with Crippen LogP contribution in [0.3, 0.4) is 0 Å². The van der Waals surface area contributed by atoms with E-state index in [9.17, 15) is 26.3 Å². The van der Waals surface area contributed by atoms with Gasteiger partial charge in [0.25, 0.3) is 5.60 Å². The van der Waals surface area contributed by atoms with E-state index in [4.69, 9.17) is 10.8 Å². The first kappa shape index (κ1) is 14.5. The summed E-state index contributed by atoms with van der Waals surface area (Å²) >= 11 is 0. The van der Waals surface area contributed by atoms with Crippen LogP contribution in [0.15, 0.2) is 0 Å². The van der Waals surface area contributed by atoms with Gasteiger partial charge in [0.1, 0.15) is 0 Å². The third-order valence-corrected chi connectivity index (χ3v) is 2.38. The van der Waals surface area contributed by atoms with Crippen LogP contribution in [0, 0.1) is 0 Å². The van der Waals surface area contributed by atoms with Gasteiger partial charge in [-0.1, -0.05) is 6.92 Å².